The summed E-state index contributed by atoms with van der Waals surface area (Å²) in [5, 5.41) is 7.27. The Morgan fingerprint density at radius 3 is 2.76 bits per heavy atom. The quantitative estimate of drug-likeness (QED) is 0.817. The van der Waals surface area contributed by atoms with E-state index >= 15 is 0 Å². The average Bonchev–Trinajstić information content (AvgIpc) is 3.05. The second kappa shape index (κ2) is 7.70. The van der Waals surface area contributed by atoms with Crippen LogP contribution in [0.1, 0.15) is 34.6 Å². The summed E-state index contributed by atoms with van der Waals surface area (Å²) in [6.07, 6.45) is 1.94. The first-order valence-corrected chi connectivity index (χ1v) is 8.60. The van der Waals surface area contributed by atoms with E-state index in [1.807, 2.05) is 13.0 Å². The summed E-state index contributed by atoms with van der Waals surface area (Å²) >= 11 is 0. The number of piperidine rings is 1. The van der Waals surface area contributed by atoms with Crippen LogP contribution in [-0.4, -0.2) is 48.2 Å². The van der Waals surface area contributed by atoms with Crippen LogP contribution in [0.2, 0.25) is 0 Å². The number of ketones is 1. The molecule has 1 N–H and O–H groups in total. The van der Waals surface area contributed by atoms with Crippen molar-refractivity contribution in [3.63, 3.8) is 0 Å². The first-order valence-electron chi connectivity index (χ1n) is 8.60. The number of nitrogens with zero attached hydrogens (tertiary/aromatic N) is 2. The molecule has 2 aromatic rings. The number of carbonyl (C=O) groups is 1. The van der Waals surface area contributed by atoms with Crippen molar-refractivity contribution in [1.29, 1.82) is 0 Å². The molecule has 1 aromatic heterocycles. The molecular weight excluding hydrogens is 318 g/mol. The number of likely N-dealkylation sites (tertiary alicyclic amines) is 1. The van der Waals surface area contributed by atoms with Gasteiger partial charge in [0.2, 0.25) is 0 Å². The van der Waals surface area contributed by atoms with Gasteiger partial charge in [-0.2, -0.15) is 5.10 Å². The van der Waals surface area contributed by atoms with Gasteiger partial charge in [-0.1, -0.05) is 0 Å². The zero-order valence-corrected chi connectivity index (χ0v) is 15.0. The number of Topliss-reactive ketones (excluding diaryl/α,β-unsaturated/α-hetero) is 1. The first-order chi connectivity index (χ1) is 12.1. The number of hydrogen-bond acceptors (Lipinski definition) is 5. The molecule has 1 aliphatic heterocycles. The van der Waals surface area contributed by atoms with E-state index in [9.17, 15) is 4.79 Å². The van der Waals surface area contributed by atoms with Crippen molar-refractivity contribution in [3.8, 4) is 11.5 Å². The lowest BCUT2D eigenvalue weighted by atomic mass is 9.89. The molecule has 0 saturated carbocycles. The van der Waals surface area contributed by atoms with Crippen LogP contribution in [0.15, 0.2) is 24.3 Å². The maximum atomic E-state index is 12.9. The van der Waals surface area contributed by atoms with Crippen molar-refractivity contribution >= 4 is 5.78 Å². The van der Waals surface area contributed by atoms with Gasteiger partial charge in [0.25, 0.3) is 0 Å². The number of rotatable bonds is 6. The Morgan fingerprint density at radius 1 is 1.28 bits per heavy atom. The Morgan fingerprint density at radius 2 is 2.08 bits per heavy atom. The van der Waals surface area contributed by atoms with E-state index in [2.05, 4.69) is 21.2 Å². The minimum absolute atomic E-state index is 0.00638. The van der Waals surface area contributed by atoms with Crippen molar-refractivity contribution in [3.05, 3.63) is 41.2 Å². The predicted molar refractivity (Wildman–Crippen MR) is 95.2 cm³/mol. The van der Waals surface area contributed by atoms with Crippen molar-refractivity contribution in [2.75, 3.05) is 27.3 Å². The number of aryl methyl sites for hydroxylation is 1. The Kier molecular flexibility index (Phi) is 5.38. The molecule has 0 aliphatic carbocycles. The summed E-state index contributed by atoms with van der Waals surface area (Å²) < 4.78 is 10.6. The lowest BCUT2D eigenvalue weighted by molar-refractivity contribution is 0.0809. The number of ether oxygens (including phenoxy) is 2. The number of H-pyrrole nitrogens is 1. The maximum absolute atomic E-state index is 12.9. The smallest absolute Gasteiger partial charge is 0.167 e. The van der Waals surface area contributed by atoms with Gasteiger partial charge in [0.05, 0.1) is 19.9 Å². The highest BCUT2D eigenvalue weighted by Crippen LogP contribution is 2.30. The highest BCUT2D eigenvalue weighted by Gasteiger charge is 2.27. The van der Waals surface area contributed by atoms with Crippen LogP contribution in [0.3, 0.4) is 0 Å². The molecule has 0 spiro atoms. The monoisotopic (exact) mass is 343 g/mol. The van der Waals surface area contributed by atoms with Gasteiger partial charge in [-0.25, -0.2) is 0 Å². The molecule has 0 bridgehead atoms. The molecule has 1 fully saturated rings. The van der Waals surface area contributed by atoms with Crippen LogP contribution >= 0.6 is 0 Å². The van der Waals surface area contributed by atoms with Gasteiger partial charge in [0.15, 0.2) is 17.3 Å². The maximum Gasteiger partial charge on any atom is 0.167 e. The van der Waals surface area contributed by atoms with Gasteiger partial charge < -0.3 is 9.47 Å². The average molecular weight is 343 g/mol. The second-order valence-corrected chi connectivity index (χ2v) is 6.55. The summed E-state index contributed by atoms with van der Waals surface area (Å²) in [6.45, 7) is 4.54. The third-order valence-electron chi connectivity index (χ3n) is 4.69. The number of benzene rings is 1. The first kappa shape index (κ1) is 17.5. The SMILES string of the molecule is COc1ccc(C(=O)C2CCCN(Cc3cc(C)[nH]n3)C2)cc1OC. The van der Waals surface area contributed by atoms with E-state index in [0.29, 0.717) is 17.1 Å². The summed E-state index contributed by atoms with van der Waals surface area (Å²) in [5.74, 6) is 1.40. The molecule has 1 saturated heterocycles. The molecule has 1 unspecified atom stereocenters. The largest absolute Gasteiger partial charge is 0.493 e. The lowest BCUT2D eigenvalue weighted by Gasteiger charge is -2.31. The van der Waals surface area contributed by atoms with E-state index in [1.54, 1.807) is 26.4 Å². The topological polar surface area (TPSA) is 67.5 Å². The summed E-state index contributed by atoms with van der Waals surface area (Å²) in [6, 6.07) is 7.44. The predicted octanol–water partition coefficient (Wildman–Crippen LogP) is 2.83. The number of aromatic amines is 1. The molecular formula is C19H25N3O3. The second-order valence-electron chi connectivity index (χ2n) is 6.55. The standard InChI is InChI=1S/C19H25N3O3/c1-13-9-16(21-20-13)12-22-8-4-5-15(11-22)19(23)14-6-7-17(24-2)18(10-14)25-3/h6-7,9-10,15H,4-5,8,11-12H2,1-3H3,(H,20,21). The molecule has 3 rings (SSSR count). The van der Waals surface area contributed by atoms with Crippen molar-refractivity contribution in [2.24, 2.45) is 5.92 Å². The summed E-state index contributed by atoms with van der Waals surface area (Å²) in [5.41, 5.74) is 2.77. The Hall–Kier alpha value is -2.34. The summed E-state index contributed by atoms with van der Waals surface area (Å²) in [7, 11) is 3.18. The Bertz CT molecular complexity index is 741. The highest BCUT2D eigenvalue weighted by atomic mass is 16.5. The van der Waals surface area contributed by atoms with E-state index < -0.39 is 0 Å². The van der Waals surface area contributed by atoms with Crippen LogP contribution in [-0.2, 0) is 6.54 Å². The highest BCUT2D eigenvalue weighted by molar-refractivity contribution is 5.98. The number of nitrogens with one attached hydrogen (secondary N) is 1. The normalized spacial score (nSPS) is 18.1. The van der Waals surface area contributed by atoms with Crippen LogP contribution < -0.4 is 9.47 Å². The molecule has 2 heterocycles. The molecule has 1 aromatic carbocycles. The third-order valence-corrected chi connectivity index (χ3v) is 4.69. The molecule has 6 nitrogen and oxygen atoms in total. The fraction of sp³-hybridized carbons (Fsp3) is 0.474. The molecule has 134 valence electrons. The van der Waals surface area contributed by atoms with Crippen LogP contribution in [0, 0.1) is 12.8 Å². The van der Waals surface area contributed by atoms with E-state index in [4.69, 9.17) is 9.47 Å². The number of hydrogen-bond donors (Lipinski definition) is 1. The molecule has 0 amide bonds. The van der Waals surface area contributed by atoms with Gasteiger partial charge in [-0.15, -0.1) is 0 Å². The van der Waals surface area contributed by atoms with Crippen LogP contribution in [0.4, 0.5) is 0 Å². The van der Waals surface area contributed by atoms with Crippen LogP contribution in [0.5, 0.6) is 11.5 Å². The third kappa shape index (κ3) is 4.02. The van der Waals surface area contributed by atoms with Crippen molar-refractivity contribution < 1.29 is 14.3 Å². The minimum Gasteiger partial charge on any atom is -0.493 e. The zero-order chi connectivity index (χ0) is 17.8. The van der Waals surface area contributed by atoms with E-state index in [1.165, 1.54) is 0 Å². The van der Waals surface area contributed by atoms with Gasteiger partial charge in [-0.05, 0) is 50.6 Å². The van der Waals surface area contributed by atoms with Gasteiger partial charge >= 0.3 is 0 Å². The molecule has 1 aliphatic rings. The Balaban J connectivity index is 1.69. The number of carbonyl (C=O) groups excluding carboxylic acids is 1. The van der Waals surface area contributed by atoms with Crippen LogP contribution in [0.25, 0.3) is 0 Å². The zero-order valence-electron chi connectivity index (χ0n) is 15.0. The molecule has 1 atom stereocenters. The van der Waals surface area contributed by atoms with Crippen molar-refractivity contribution in [1.82, 2.24) is 15.1 Å². The molecule has 25 heavy (non-hydrogen) atoms. The number of methoxy groups -OCH3 is 2. The number of aromatic nitrogens is 2. The fourth-order valence-corrected chi connectivity index (χ4v) is 3.42. The summed E-state index contributed by atoms with van der Waals surface area (Å²) in [4.78, 5) is 15.2. The van der Waals surface area contributed by atoms with Gasteiger partial charge in [0, 0.05) is 30.3 Å². The van der Waals surface area contributed by atoms with Crippen molar-refractivity contribution in [2.45, 2.75) is 26.3 Å². The van der Waals surface area contributed by atoms with Gasteiger partial charge in [-0.3, -0.25) is 14.8 Å². The van der Waals surface area contributed by atoms with E-state index in [0.717, 1.165) is 43.9 Å². The minimum atomic E-state index is 0.00638. The lowest BCUT2D eigenvalue weighted by Crippen LogP contribution is -2.38. The van der Waals surface area contributed by atoms with Gasteiger partial charge in [0.1, 0.15) is 0 Å². The fourth-order valence-electron chi connectivity index (χ4n) is 3.42. The molecule has 6 heteroatoms. The molecule has 0 radical (unpaired) electrons. The van der Waals surface area contributed by atoms with E-state index in [-0.39, 0.29) is 11.7 Å². The Labute approximate surface area is 148 Å².